The molecule has 0 aliphatic carbocycles. The van der Waals surface area contributed by atoms with Gasteiger partial charge >= 0.3 is 0 Å². The number of halogens is 1. The fourth-order valence-corrected chi connectivity index (χ4v) is 2.51. The molecule has 0 aliphatic rings. The second kappa shape index (κ2) is 10.3. The average molecular weight is 409 g/mol. The summed E-state index contributed by atoms with van der Waals surface area (Å²) in [4.78, 5) is 17.2. The Morgan fingerprint density at radius 3 is 2.36 bits per heavy atom. The van der Waals surface area contributed by atoms with Crippen molar-refractivity contribution in [3.63, 3.8) is 0 Å². The first-order valence-electron chi connectivity index (χ1n) is 8.11. The number of carbonyl (C=O) groups is 1. The van der Waals surface area contributed by atoms with Gasteiger partial charge in [-0.3, -0.25) is 4.79 Å². The summed E-state index contributed by atoms with van der Waals surface area (Å²) in [7, 11) is 6.05. The van der Waals surface area contributed by atoms with Gasteiger partial charge in [0.1, 0.15) is 23.0 Å². The highest BCUT2D eigenvalue weighted by atomic mass is 35.5. The number of oxime groups is 1. The van der Waals surface area contributed by atoms with E-state index in [1.807, 2.05) is 0 Å². The normalized spacial score (nSPS) is 10.5. The van der Waals surface area contributed by atoms with E-state index in [0.29, 0.717) is 39.3 Å². The smallest absolute Gasteiger partial charge is 0.265 e. The molecule has 0 atom stereocenters. The van der Waals surface area contributed by atoms with E-state index in [0.717, 1.165) is 0 Å². The second-order valence-electron chi connectivity index (χ2n) is 5.35. The Bertz CT molecular complexity index is 857. The zero-order valence-corrected chi connectivity index (χ0v) is 16.7. The summed E-state index contributed by atoms with van der Waals surface area (Å²) in [5.74, 6) is 1.60. The largest absolute Gasteiger partial charge is 0.497 e. The predicted octanol–water partition coefficient (Wildman–Crippen LogP) is 3.36. The summed E-state index contributed by atoms with van der Waals surface area (Å²) in [5, 5.41) is 6.82. The van der Waals surface area contributed by atoms with Crippen LogP contribution in [0, 0.1) is 0 Å². The number of methoxy groups -OCH3 is 4. The standard InChI is InChI=1S/C19H21ClN2O6/c1-24-13-5-6-16(25-2)12(7-13)10-21-28-11-19(23)22-15-9-17(26-3)14(20)8-18(15)27-4/h5-10H,11H2,1-4H3,(H,22,23)/b21-10+. The highest BCUT2D eigenvalue weighted by molar-refractivity contribution is 6.32. The molecule has 28 heavy (non-hydrogen) atoms. The first-order chi connectivity index (χ1) is 13.5. The number of nitrogens with zero attached hydrogens (tertiary/aromatic N) is 1. The molecule has 9 heteroatoms. The third-order valence-corrected chi connectivity index (χ3v) is 3.94. The molecule has 0 fully saturated rings. The monoisotopic (exact) mass is 408 g/mol. The Balaban J connectivity index is 1.99. The number of nitrogens with one attached hydrogen (secondary N) is 1. The minimum atomic E-state index is -0.433. The first-order valence-corrected chi connectivity index (χ1v) is 8.48. The molecule has 0 radical (unpaired) electrons. The molecule has 0 bridgehead atoms. The number of hydrogen-bond donors (Lipinski definition) is 1. The van der Waals surface area contributed by atoms with E-state index in [1.54, 1.807) is 44.6 Å². The topological polar surface area (TPSA) is 87.6 Å². The molecule has 8 nitrogen and oxygen atoms in total. The van der Waals surface area contributed by atoms with Crippen LogP contribution in [0.1, 0.15) is 5.56 Å². The van der Waals surface area contributed by atoms with Gasteiger partial charge < -0.3 is 29.1 Å². The van der Waals surface area contributed by atoms with E-state index in [4.69, 9.17) is 35.4 Å². The highest BCUT2D eigenvalue weighted by Crippen LogP contribution is 2.35. The van der Waals surface area contributed by atoms with Crippen molar-refractivity contribution in [1.82, 2.24) is 0 Å². The lowest BCUT2D eigenvalue weighted by Gasteiger charge is -2.12. The lowest BCUT2D eigenvalue weighted by Crippen LogP contribution is -2.17. The zero-order valence-electron chi connectivity index (χ0n) is 15.9. The second-order valence-corrected chi connectivity index (χ2v) is 5.76. The third kappa shape index (κ3) is 5.43. The Morgan fingerprint density at radius 1 is 1.00 bits per heavy atom. The van der Waals surface area contributed by atoms with Crippen LogP contribution in [0.15, 0.2) is 35.5 Å². The van der Waals surface area contributed by atoms with Crippen molar-refractivity contribution in [2.24, 2.45) is 5.16 Å². The van der Waals surface area contributed by atoms with Crippen LogP contribution in [0.2, 0.25) is 5.02 Å². The first kappa shape index (κ1) is 21.2. The molecule has 0 spiro atoms. The Hall–Kier alpha value is -3.13. The van der Waals surface area contributed by atoms with E-state index in [-0.39, 0.29) is 6.61 Å². The summed E-state index contributed by atoms with van der Waals surface area (Å²) >= 11 is 6.04. The fourth-order valence-electron chi connectivity index (χ4n) is 2.27. The molecule has 0 saturated heterocycles. The molecule has 0 heterocycles. The van der Waals surface area contributed by atoms with Crippen molar-refractivity contribution in [1.29, 1.82) is 0 Å². The van der Waals surface area contributed by atoms with Gasteiger partial charge in [0.05, 0.1) is 45.4 Å². The van der Waals surface area contributed by atoms with Gasteiger partial charge in [0, 0.05) is 17.7 Å². The van der Waals surface area contributed by atoms with Crippen molar-refractivity contribution in [2.75, 3.05) is 40.4 Å². The van der Waals surface area contributed by atoms with Crippen LogP contribution >= 0.6 is 11.6 Å². The van der Waals surface area contributed by atoms with Crippen LogP contribution in [-0.4, -0.2) is 47.2 Å². The van der Waals surface area contributed by atoms with Crippen LogP contribution in [0.3, 0.4) is 0 Å². The number of amides is 1. The van der Waals surface area contributed by atoms with Crippen molar-refractivity contribution in [3.05, 3.63) is 40.9 Å². The van der Waals surface area contributed by atoms with Crippen molar-refractivity contribution in [3.8, 4) is 23.0 Å². The maximum Gasteiger partial charge on any atom is 0.265 e. The van der Waals surface area contributed by atoms with E-state index < -0.39 is 5.91 Å². The molecule has 1 amide bonds. The maximum absolute atomic E-state index is 12.1. The molecule has 0 aliphatic heterocycles. The molecular weight excluding hydrogens is 388 g/mol. The van der Waals surface area contributed by atoms with Crippen molar-refractivity contribution in [2.45, 2.75) is 0 Å². The summed E-state index contributed by atoms with van der Waals surface area (Å²) in [6.45, 7) is -0.309. The average Bonchev–Trinajstić information content (AvgIpc) is 2.71. The lowest BCUT2D eigenvalue weighted by atomic mass is 10.2. The lowest BCUT2D eigenvalue weighted by molar-refractivity contribution is -0.120. The minimum absolute atomic E-state index is 0.309. The molecule has 0 saturated carbocycles. The van der Waals surface area contributed by atoms with Crippen LogP contribution in [0.5, 0.6) is 23.0 Å². The quantitative estimate of drug-likeness (QED) is 0.505. The fraction of sp³-hybridized carbons (Fsp3) is 0.263. The number of carbonyl (C=O) groups excluding carboxylic acids is 1. The third-order valence-electron chi connectivity index (χ3n) is 3.65. The Kier molecular flexibility index (Phi) is 7.76. The van der Waals surface area contributed by atoms with E-state index in [2.05, 4.69) is 10.5 Å². The Labute approximate surface area is 167 Å². The number of rotatable bonds is 9. The highest BCUT2D eigenvalue weighted by Gasteiger charge is 2.13. The van der Waals surface area contributed by atoms with Crippen LogP contribution < -0.4 is 24.3 Å². The molecule has 2 aromatic rings. The van der Waals surface area contributed by atoms with Gasteiger partial charge in [-0.05, 0) is 18.2 Å². The van der Waals surface area contributed by atoms with Crippen molar-refractivity contribution < 1.29 is 28.6 Å². The molecule has 1 N–H and O–H groups in total. The summed E-state index contributed by atoms with van der Waals surface area (Å²) in [6.07, 6.45) is 1.43. The summed E-state index contributed by atoms with van der Waals surface area (Å²) in [6, 6.07) is 8.34. The Morgan fingerprint density at radius 2 is 1.71 bits per heavy atom. The molecule has 2 rings (SSSR count). The van der Waals surface area contributed by atoms with Gasteiger partial charge in [-0.2, -0.15) is 0 Å². The molecule has 0 unspecified atom stereocenters. The molecule has 2 aromatic carbocycles. The van der Waals surface area contributed by atoms with Crippen LogP contribution in [0.4, 0.5) is 5.69 Å². The van der Waals surface area contributed by atoms with E-state index >= 15 is 0 Å². The van der Waals surface area contributed by atoms with Gasteiger partial charge in [-0.1, -0.05) is 16.8 Å². The minimum Gasteiger partial charge on any atom is -0.497 e. The van der Waals surface area contributed by atoms with E-state index in [1.165, 1.54) is 20.4 Å². The summed E-state index contributed by atoms with van der Waals surface area (Å²) in [5.41, 5.74) is 1.04. The molecule has 150 valence electrons. The predicted molar refractivity (Wildman–Crippen MR) is 106 cm³/mol. The van der Waals surface area contributed by atoms with Gasteiger partial charge in [0.25, 0.3) is 5.91 Å². The maximum atomic E-state index is 12.1. The van der Waals surface area contributed by atoms with Crippen LogP contribution in [0.25, 0.3) is 0 Å². The molecule has 0 aromatic heterocycles. The van der Waals surface area contributed by atoms with E-state index in [9.17, 15) is 4.79 Å². The van der Waals surface area contributed by atoms with Gasteiger partial charge in [0.2, 0.25) is 0 Å². The van der Waals surface area contributed by atoms with Crippen molar-refractivity contribution >= 4 is 29.4 Å². The van der Waals surface area contributed by atoms with Crippen LogP contribution in [-0.2, 0) is 9.63 Å². The number of hydrogen-bond acceptors (Lipinski definition) is 7. The van der Waals surface area contributed by atoms with Gasteiger partial charge in [-0.25, -0.2) is 0 Å². The van der Waals surface area contributed by atoms with Gasteiger partial charge in [0.15, 0.2) is 6.61 Å². The number of anilines is 1. The summed E-state index contributed by atoms with van der Waals surface area (Å²) < 4.78 is 20.7. The van der Waals surface area contributed by atoms with Gasteiger partial charge in [-0.15, -0.1) is 0 Å². The molecular formula is C19H21ClN2O6. The number of benzene rings is 2. The zero-order chi connectivity index (χ0) is 20.5. The number of ether oxygens (including phenoxy) is 4. The SMILES string of the molecule is COc1ccc(OC)c(/C=N/OCC(=O)Nc2cc(OC)c(Cl)cc2OC)c1.